The number of amides is 1. The smallest absolute Gasteiger partial charge is 0.264 e. The van der Waals surface area contributed by atoms with Crippen LogP contribution < -0.4 is 15.0 Å². The largest absolute Gasteiger partial charge is 0.496 e. The number of hydrogen-bond acceptors (Lipinski definition) is 7. The first-order valence-corrected chi connectivity index (χ1v) is 17.6. The van der Waals surface area contributed by atoms with E-state index in [0.29, 0.717) is 19.1 Å². The third-order valence-corrected chi connectivity index (χ3v) is 10.5. The molecule has 0 N–H and O–H groups in total. The van der Waals surface area contributed by atoms with Crippen LogP contribution in [0.4, 0.5) is 0 Å². The molecule has 0 saturated carbocycles. The van der Waals surface area contributed by atoms with Crippen molar-refractivity contribution in [2.24, 2.45) is 12.5 Å². The standard InChI is InChI=1S/C41H53N5O4/c1-26-22-44(25-36-37(49-9)18-31(19-38(36)50-10)35-24-43(8)39(47)28(3)27(35)2)16-17-45(26)23-30-12-11-13-33-29(4)46(15-14-34(30)33)40(48)32(21-42)20-41(5,6)7/h11-13,18-20,24,26,29H,14-17,22-23,25H2,1-10H3/b32-20+/t26-,29?/m1/s1. The topological polar surface area (TPSA) is 91.0 Å². The first-order valence-electron chi connectivity index (χ1n) is 17.6. The van der Waals surface area contributed by atoms with Crippen molar-refractivity contribution in [2.45, 2.75) is 80.1 Å². The zero-order valence-electron chi connectivity index (χ0n) is 31.5. The molecule has 2 atom stereocenters. The highest BCUT2D eigenvalue weighted by Crippen LogP contribution is 2.38. The second kappa shape index (κ2) is 14.8. The molecule has 0 spiro atoms. The summed E-state index contributed by atoms with van der Waals surface area (Å²) in [5, 5.41) is 9.77. The zero-order valence-corrected chi connectivity index (χ0v) is 31.5. The fraction of sp³-hybridized carbons (Fsp3) is 0.488. The summed E-state index contributed by atoms with van der Waals surface area (Å²) in [5.74, 6) is 1.36. The SMILES string of the molecule is COc1cc(-c2cn(C)c(=O)c(C)c2C)cc(OC)c1CN1CCN(Cc2cccc3c2CCN(C(=O)/C(C#N)=C/C(C)(C)C)C3C)[C@H](C)C1. The minimum absolute atomic E-state index is 0.00902. The second-order valence-corrected chi connectivity index (χ2v) is 15.1. The van der Waals surface area contributed by atoms with E-state index in [4.69, 9.17) is 9.47 Å². The number of hydrogen-bond donors (Lipinski definition) is 0. The Morgan fingerprint density at radius 3 is 2.30 bits per heavy atom. The highest BCUT2D eigenvalue weighted by Gasteiger charge is 2.32. The first kappa shape index (κ1) is 36.9. The molecule has 3 aromatic rings. The third-order valence-electron chi connectivity index (χ3n) is 10.5. The van der Waals surface area contributed by atoms with Crippen LogP contribution in [0.3, 0.4) is 0 Å². The van der Waals surface area contributed by atoms with E-state index >= 15 is 0 Å². The second-order valence-electron chi connectivity index (χ2n) is 15.1. The van der Waals surface area contributed by atoms with E-state index in [9.17, 15) is 14.9 Å². The summed E-state index contributed by atoms with van der Waals surface area (Å²) >= 11 is 0. The average molecular weight is 680 g/mol. The Balaban J connectivity index is 1.30. The predicted molar refractivity (Wildman–Crippen MR) is 198 cm³/mol. The lowest BCUT2D eigenvalue weighted by atomic mass is 9.88. The van der Waals surface area contributed by atoms with Gasteiger partial charge in [0, 0.05) is 69.7 Å². The molecular weight excluding hydrogens is 626 g/mol. The number of benzene rings is 2. The lowest BCUT2D eigenvalue weighted by molar-refractivity contribution is -0.129. The lowest BCUT2D eigenvalue weighted by Crippen LogP contribution is -2.51. The van der Waals surface area contributed by atoms with Crippen molar-refractivity contribution in [3.63, 3.8) is 0 Å². The molecule has 0 radical (unpaired) electrons. The maximum atomic E-state index is 13.4. The number of aryl methyl sites for hydroxylation is 1. The molecule has 0 bridgehead atoms. The van der Waals surface area contributed by atoms with Gasteiger partial charge >= 0.3 is 0 Å². The number of aromatic nitrogens is 1. The van der Waals surface area contributed by atoms with Crippen molar-refractivity contribution >= 4 is 5.91 Å². The molecule has 2 aliphatic rings. The number of fused-ring (bicyclic) bond motifs is 1. The van der Waals surface area contributed by atoms with Crippen LogP contribution in [0.2, 0.25) is 0 Å². The van der Waals surface area contributed by atoms with Crippen LogP contribution in [0, 0.1) is 30.6 Å². The van der Waals surface area contributed by atoms with Crippen molar-refractivity contribution in [2.75, 3.05) is 40.4 Å². The van der Waals surface area contributed by atoms with E-state index in [1.54, 1.807) is 31.9 Å². The van der Waals surface area contributed by atoms with Crippen LogP contribution in [0.15, 0.2) is 53.0 Å². The summed E-state index contributed by atoms with van der Waals surface area (Å²) in [6, 6.07) is 13.0. The molecule has 9 heteroatoms. The van der Waals surface area contributed by atoms with Crippen molar-refractivity contribution in [3.05, 3.63) is 91.9 Å². The molecule has 3 heterocycles. The minimum Gasteiger partial charge on any atom is -0.496 e. The van der Waals surface area contributed by atoms with E-state index in [0.717, 1.165) is 71.9 Å². The number of piperazine rings is 1. The molecule has 2 aromatic carbocycles. The van der Waals surface area contributed by atoms with E-state index in [-0.39, 0.29) is 28.5 Å². The summed E-state index contributed by atoms with van der Waals surface area (Å²) < 4.78 is 13.5. The van der Waals surface area contributed by atoms with Crippen molar-refractivity contribution in [3.8, 4) is 28.7 Å². The summed E-state index contributed by atoms with van der Waals surface area (Å²) in [4.78, 5) is 32.8. The fourth-order valence-corrected chi connectivity index (χ4v) is 7.55. The van der Waals surface area contributed by atoms with Crippen LogP contribution in [0.1, 0.15) is 74.0 Å². The maximum absolute atomic E-state index is 13.4. The van der Waals surface area contributed by atoms with Gasteiger partial charge in [-0.25, -0.2) is 0 Å². The van der Waals surface area contributed by atoms with E-state index in [2.05, 4.69) is 60.0 Å². The van der Waals surface area contributed by atoms with Gasteiger partial charge in [-0.2, -0.15) is 5.26 Å². The van der Waals surface area contributed by atoms with Gasteiger partial charge in [0.25, 0.3) is 11.5 Å². The number of carbonyl (C=O) groups is 1. The minimum atomic E-state index is -0.252. The molecular formula is C41H53N5O4. The van der Waals surface area contributed by atoms with Gasteiger partial charge in [-0.1, -0.05) is 45.0 Å². The molecule has 5 rings (SSSR count). The molecule has 9 nitrogen and oxygen atoms in total. The summed E-state index contributed by atoms with van der Waals surface area (Å²) in [7, 11) is 5.18. The van der Waals surface area contributed by atoms with E-state index in [1.807, 2.05) is 45.7 Å². The van der Waals surface area contributed by atoms with E-state index < -0.39 is 0 Å². The van der Waals surface area contributed by atoms with Crippen molar-refractivity contribution < 1.29 is 14.3 Å². The number of allylic oxidation sites excluding steroid dienone is 1. The van der Waals surface area contributed by atoms with Gasteiger partial charge in [0.2, 0.25) is 0 Å². The lowest BCUT2D eigenvalue weighted by Gasteiger charge is -2.41. The summed E-state index contributed by atoms with van der Waals surface area (Å²) in [6.45, 7) is 19.1. The number of rotatable bonds is 8. The molecule has 1 unspecified atom stereocenters. The van der Waals surface area contributed by atoms with Crippen molar-refractivity contribution in [1.82, 2.24) is 19.3 Å². The molecule has 266 valence electrons. The Morgan fingerprint density at radius 2 is 1.70 bits per heavy atom. The van der Waals surface area contributed by atoms with E-state index in [1.165, 1.54) is 16.7 Å². The zero-order chi connectivity index (χ0) is 36.5. The molecule has 50 heavy (non-hydrogen) atoms. The summed E-state index contributed by atoms with van der Waals surface area (Å²) in [5.41, 5.74) is 8.44. The van der Waals surface area contributed by atoms with Crippen molar-refractivity contribution in [1.29, 1.82) is 5.26 Å². The van der Waals surface area contributed by atoms with Crippen LogP contribution in [0.25, 0.3) is 11.1 Å². The third kappa shape index (κ3) is 7.52. The average Bonchev–Trinajstić information content (AvgIpc) is 3.08. The predicted octanol–water partition coefficient (Wildman–Crippen LogP) is 6.33. The Morgan fingerprint density at radius 1 is 1.02 bits per heavy atom. The highest BCUT2D eigenvalue weighted by molar-refractivity contribution is 5.97. The number of carbonyl (C=O) groups excluding carboxylic acids is 1. The summed E-state index contributed by atoms with van der Waals surface area (Å²) in [6.07, 6.45) is 4.45. The van der Waals surface area contributed by atoms with Gasteiger partial charge in [-0.3, -0.25) is 19.4 Å². The number of methoxy groups -OCH3 is 2. The first-order chi connectivity index (χ1) is 23.7. The quantitative estimate of drug-likeness (QED) is 0.203. The maximum Gasteiger partial charge on any atom is 0.264 e. The van der Waals surface area contributed by atoms with Gasteiger partial charge in [-0.15, -0.1) is 0 Å². The van der Waals surface area contributed by atoms with Gasteiger partial charge in [0.05, 0.1) is 25.8 Å². The fourth-order valence-electron chi connectivity index (χ4n) is 7.55. The van der Waals surface area contributed by atoms with Crippen LogP contribution in [-0.4, -0.2) is 71.6 Å². The highest BCUT2D eigenvalue weighted by atomic mass is 16.5. The molecule has 0 aliphatic carbocycles. The van der Waals surface area contributed by atoms with Gasteiger partial charge in [0.15, 0.2) is 0 Å². The van der Waals surface area contributed by atoms with Gasteiger partial charge < -0.3 is 18.9 Å². The molecule has 1 amide bonds. The Labute approximate surface area is 297 Å². The molecule has 1 fully saturated rings. The van der Waals surface area contributed by atoms with Crippen LogP contribution in [0.5, 0.6) is 11.5 Å². The molecule has 1 saturated heterocycles. The van der Waals surface area contributed by atoms with Crippen LogP contribution >= 0.6 is 0 Å². The normalized spacial score (nSPS) is 18.8. The Kier molecular flexibility index (Phi) is 10.9. The molecule has 1 aromatic heterocycles. The Hall–Kier alpha value is -4.39. The van der Waals surface area contributed by atoms with Gasteiger partial charge in [-0.05, 0) is 79.5 Å². The number of nitriles is 1. The monoisotopic (exact) mass is 679 g/mol. The molecule has 2 aliphatic heterocycles. The number of ether oxygens (including phenoxy) is 2. The Bertz CT molecular complexity index is 1870. The number of nitrogens with zero attached hydrogens (tertiary/aromatic N) is 5. The van der Waals surface area contributed by atoms with Gasteiger partial charge in [0.1, 0.15) is 23.1 Å². The van der Waals surface area contributed by atoms with Crippen LogP contribution in [-0.2, 0) is 31.4 Å². The number of pyridine rings is 1.